The number of nitrogens with one attached hydrogen (secondary N) is 1. The highest BCUT2D eigenvalue weighted by atomic mass is 31.2. The summed E-state index contributed by atoms with van der Waals surface area (Å²) < 4.78 is 20.4. The zero-order valence-electron chi connectivity index (χ0n) is 9.35. The number of hydrogen-bond acceptors (Lipinski definition) is 4. The molecule has 0 heterocycles. The molecule has 0 rings (SSSR count). The molecule has 1 amide bonds. The highest BCUT2D eigenvalue weighted by Gasteiger charge is 2.19. The molecule has 0 aliphatic carbocycles. The van der Waals surface area contributed by atoms with Crippen LogP contribution in [0.15, 0.2) is 12.7 Å². The summed E-state index contributed by atoms with van der Waals surface area (Å²) >= 11 is 0. The predicted octanol–water partition coefficient (Wildman–Crippen LogP) is 1.22. The van der Waals surface area contributed by atoms with E-state index in [1.807, 2.05) is 6.92 Å². The summed E-state index contributed by atoms with van der Waals surface area (Å²) in [5.41, 5.74) is 0. The monoisotopic (exact) mass is 251 g/mol. The van der Waals surface area contributed by atoms with Gasteiger partial charge in [-0.25, -0.2) is 4.57 Å². The SMILES string of the molecule is C=CC(=O)NCCCOP(=O)(O)OCCC. The topological polar surface area (TPSA) is 84.9 Å². The molecule has 94 valence electrons. The summed E-state index contributed by atoms with van der Waals surface area (Å²) in [5.74, 6) is -0.283. The molecule has 0 aromatic heterocycles. The fourth-order valence-corrected chi connectivity index (χ4v) is 1.63. The maximum Gasteiger partial charge on any atom is 0.472 e. The number of rotatable bonds is 9. The summed E-state index contributed by atoms with van der Waals surface area (Å²) in [7, 11) is -3.91. The summed E-state index contributed by atoms with van der Waals surface area (Å²) in [6.07, 6.45) is 2.23. The molecule has 0 aliphatic heterocycles. The third-order valence-electron chi connectivity index (χ3n) is 1.52. The van der Waals surface area contributed by atoms with E-state index in [2.05, 4.69) is 20.9 Å². The molecule has 0 radical (unpaired) electrons. The zero-order chi connectivity index (χ0) is 12.4. The van der Waals surface area contributed by atoms with Gasteiger partial charge in [-0.3, -0.25) is 13.8 Å². The van der Waals surface area contributed by atoms with E-state index in [1.54, 1.807) is 0 Å². The van der Waals surface area contributed by atoms with E-state index in [9.17, 15) is 9.36 Å². The average molecular weight is 251 g/mol. The molecule has 0 bridgehead atoms. The highest BCUT2D eigenvalue weighted by Crippen LogP contribution is 2.43. The minimum atomic E-state index is -3.91. The molecule has 6 nitrogen and oxygen atoms in total. The summed E-state index contributed by atoms with van der Waals surface area (Å²) in [4.78, 5) is 19.8. The van der Waals surface area contributed by atoms with Crippen molar-refractivity contribution < 1.29 is 23.3 Å². The van der Waals surface area contributed by atoms with Gasteiger partial charge in [-0.2, -0.15) is 0 Å². The van der Waals surface area contributed by atoms with Gasteiger partial charge in [0.1, 0.15) is 0 Å². The molecule has 7 heteroatoms. The number of carbonyl (C=O) groups is 1. The van der Waals surface area contributed by atoms with E-state index >= 15 is 0 Å². The number of phosphoric ester groups is 1. The van der Waals surface area contributed by atoms with Crippen LogP contribution in [0.25, 0.3) is 0 Å². The lowest BCUT2D eigenvalue weighted by Gasteiger charge is -2.11. The normalized spacial score (nSPS) is 14.1. The van der Waals surface area contributed by atoms with Crippen LogP contribution in [0.5, 0.6) is 0 Å². The van der Waals surface area contributed by atoms with Gasteiger partial charge in [0.15, 0.2) is 0 Å². The van der Waals surface area contributed by atoms with Crippen LogP contribution in [0, 0.1) is 0 Å². The van der Waals surface area contributed by atoms with E-state index in [0.29, 0.717) is 19.4 Å². The molecule has 2 N–H and O–H groups in total. The maximum absolute atomic E-state index is 11.1. The lowest BCUT2D eigenvalue weighted by molar-refractivity contribution is -0.116. The minimum Gasteiger partial charge on any atom is -0.352 e. The smallest absolute Gasteiger partial charge is 0.352 e. The summed E-state index contributed by atoms with van der Waals surface area (Å²) in [5, 5.41) is 2.51. The Balaban J connectivity index is 3.53. The van der Waals surface area contributed by atoms with E-state index in [4.69, 9.17) is 4.89 Å². The highest BCUT2D eigenvalue weighted by molar-refractivity contribution is 7.47. The largest absolute Gasteiger partial charge is 0.472 e. The first-order valence-corrected chi connectivity index (χ1v) is 6.53. The fourth-order valence-electron chi connectivity index (χ4n) is 0.780. The van der Waals surface area contributed by atoms with Gasteiger partial charge in [-0.05, 0) is 18.9 Å². The summed E-state index contributed by atoms with van der Waals surface area (Å²) in [6.45, 7) is 5.70. The van der Waals surface area contributed by atoms with Crippen molar-refractivity contribution in [2.24, 2.45) is 0 Å². The second kappa shape index (κ2) is 8.47. The van der Waals surface area contributed by atoms with E-state index in [-0.39, 0.29) is 19.1 Å². The van der Waals surface area contributed by atoms with Crippen LogP contribution in [-0.4, -0.2) is 30.6 Å². The van der Waals surface area contributed by atoms with Crippen molar-refractivity contribution in [2.45, 2.75) is 19.8 Å². The molecule has 0 aliphatic rings. The molecular weight excluding hydrogens is 233 g/mol. The Hall–Kier alpha value is -0.680. The van der Waals surface area contributed by atoms with Crippen molar-refractivity contribution >= 4 is 13.7 Å². The molecule has 1 unspecified atom stereocenters. The molecule has 0 saturated heterocycles. The van der Waals surface area contributed by atoms with Crippen LogP contribution >= 0.6 is 7.82 Å². The molecule has 0 spiro atoms. The first-order valence-electron chi connectivity index (χ1n) is 5.04. The van der Waals surface area contributed by atoms with Gasteiger partial charge < -0.3 is 10.2 Å². The molecule has 0 aromatic rings. The number of hydrogen-bond donors (Lipinski definition) is 2. The molecule has 1 atom stereocenters. The van der Waals surface area contributed by atoms with Crippen molar-refractivity contribution in [1.29, 1.82) is 0 Å². The molecule has 16 heavy (non-hydrogen) atoms. The van der Waals surface area contributed by atoms with Crippen molar-refractivity contribution in [1.82, 2.24) is 5.32 Å². The number of carbonyl (C=O) groups excluding carboxylic acids is 1. The second-order valence-corrected chi connectivity index (χ2v) is 4.44. The Morgan fingerprint density at radius 2 is 2.12 bits per heavy atom. The van der Waals surface area contributed by atoms with E-state index < -0.39 is 7.82 Å². The Bertz CT molecular complexity index is 269. The molecular formula is C9H18NO5P. The Morgan fingerprint density at radius 1 is 1.50 bits per heavy atom. The first kappa shape index (κ1) is 15.3. The minimum absolute atomic E-state index is 0.0505. The lowest BCUT2D eigenvalue weighted by atomic mass is 10.4. The molecule has 0 fully saturated rings. The molecule has 0 saturated carbocycles. The summed E-state index contributed by atoms with van der Waals surface area (Å²) in [6, 6.07) is 0. The first-order chi connectivity index (χ1) is 7.52. The van der Waals surface area contributed by atoms with Gasteiger partial charge >= 0.3 is 7.82 Å². The van der Waals surface area contributed by atoms with Crippen LogP contribution in [0.3, 0.4) is 0 Å². The van der Waals surface area contributed by atoms with Crippen LogP contribution in [0.2, 0.25) is 0 Å². The van der Waals surface area contributed by atoms with E-state index in [1.165, 1.54) is 0 Å². The van der Waals surface area contributed by atoms with Crippen LogP contribution in [-0.2, 0) is 18.4 Å². The second-order valence-electron chi connectivity index (χ2n) is 2.98. The van der Waals surface area contributed by atoms with E-state index in [0.717, 1.165) is 6.08 Å². The lowest BCUT2D eigenvalue weighted by Crippen LogP contribution is -2.22. The van der Waals surface area contributed by atoms with Crippen LogP contribution < -0.4 is 5.32 Å². The van der Waals surface area contributed by atoms with Crippen molar-refractivity contribution in [3.63, 3.8) is 0 Å². The van der Waals surface area contributed by atoms with Crippen molar-refractivity contribution in [3.05, 3.63) is 12.7 Å². The van der Waals surface area contributed by atoms with Crippen molar-refractivity contribution in [3.8, 4) is 0 Å². The quantitative estimate of drug-likeness (QED) is 0.365. The van der Waals surface area contributed by atoms with Gasteiger partial charge in [0.2, 0.25) is 5.91 Å². The van der Waals surface area contributed by atoms with Crippen LogP contribution in [0.4, 0.5) is 0 Å². The maximum atomic E-state index is 11.1. The molecule has 0 aromatic carbocycles. The average Bonchev–Trinajstić information content (AvgIpc) is 2.25. The zero-order valence-corrected chi connectivity index (χ0v) is 10.2. The Labute approximate surface area is 95.3 Å². The van der Waals surface area contributed by atoms with Gasteiger partial charge in [-0.15, -0.1) is 0 Å². The Kier molecular flexibility index (Phi) is 8.11. The van der Waals surface area contributed by atoms with Gasteiger partial charge in [0.05, 0.1) is 13.2 Å². The fraction of sp³-hybridized carbons (Fsp3) is 0.667. The van der Waals surface area contributed by atoms with Crippen LogP contribution in [0.1, 0.15) is 19.8 Å². The van der Waals surface area contributed by atoms with Gasteiger partial charge in [-0.1, -0.05) is 13.5 Å². The van der Waals surface area contributed by atoms with Gasteiger partial charge in [0.25, 0.3) is 0 Å². The Morgan fingerprint density at radius 3 is 2.69 bits per heavy atom. The number of phosphoric acid groups is 1. The number of amides is 1. The van der Waals surface area contributed by atoms with Gasteiger partial charge in [0, 0.05) is 6.54 Å². The standard InChI is InChI=1S/C9H18NO5P/c1-3-7-14-16(12,13)15-8-5-6-10-9(11)4-2/h4H,2-3,5-8H2,1H3,(H,10,11)(H,12,13). The van der Waals surface area contributed by atoms with Crippen molar-refractivity contribution in [2.75, 3.05) is 19.8 Å². The third-order valence-corrected chi connectivity index (χ3v) is 2.54. The predicted molar refractivity (Wildman–Crippen MR) is 59.8 cm³/mol. The third kappa shape index (κ3) is 8.61.